The number of benzene rings is 1. The highest BCUT2D eigenvalue weighted by atomic mass is 16.3. The number of likely N-dealkylation sites (tertiary alicyclic amines) is 1. The lowest BCUT2D eigenvalue weighted by Gasteiger charge is -2.21. The van der Waals surface area contributed by atoms with Crippen LogP contribution in [-0.2, 0) is 11.3 Å². The molecule has 1 aromatic carbocycles. The molecule has 6 heteroatoms. The molecule has 1 aliphatic rings. The zero-order chi connectivity index (χ0) is 17.5. The molecule has 132 valence electrons. The van der Waals surface area contributed by atoms with Crippen LogP contribution in [0.5, 0.6) is 0 Å². The standard InChI is InChI=1S/C19H24N4O2/c1-20-19(22-13-18(24)21-12-17-8-5-11-25-17)23-10-9-16(14-23)15-6-3-2-4-7-15/h2-8,11,16H,9-10,12-14H2,1H3,(H,20,22)(H,21,24). The summed E-state index contributed by atoms with van der Waals surface area (Å²) in [5.41, 5.74) is 1.36. The quantitative estimate of drug-likeness (QED) is 0.645. The summed E-state index contributed by atoms with van der Waals surface area (Å²) in [5.74, 6) is 1.93. The summed E-state index contributed by atoms with van der Waals surface area (Å²) < 4.78 is 5.20. The van der Waals surface area contributed by atoms with Gasteiger partial charge in [-0.15, -0.1) is 0 Å². The van der Waals surface area contributed by atoms with Gasteiger partial charge in [0.15, 0.2) is 5.96 Å². The van der Waals surface area contributed by atoms with E-state index in [0.29, 0.717) is 12.5 Å². The van der Waals surface area contributed by atoms with Crippen molar-refractivity contribution < 1.29 is 9.21 Å². The molecule has 1 atom stereocenters. The number of hydrogen-bond donors (Lipinski definition) is 2. The van der Waals surface area contributed by atoms with E-state index in [0.717, 1.165) is 31.2 Å². The van der Waals surface area contributed by atoms with E-state index in [4.69, 9.17) is 4.42 Å². The summed E-state index contributed by atoms with van der Waals surface area (Å²) in [6.07, 6.45) is 2.69. The number of carbonyl (C=O) groups is 1. The van der Waals surface area contributed by atoms with E-state index >= 15 is 0 Å². The van der Waals surface area contributed by atoms with Gasteiger partial charge in [-0.25, -0.2) is 0 Å². The minimum atomic E-state index is -0.0867. The first-order chi connectivity index (χ1) is 12.3. The predicted molar refractivity (Wildman–Crippen MR) is 97.3 cm³/mol. The third kappa shape index (κ3) is 4.62. The van der Waals surface area contributed by atoms with Crippen molar-refractivity contribution >= 4 is 11.9 Å². The van der Waals surface area contributed by atoms with Gasteiger partial charge in [-0.05, 0) is 24.1 Å². The Bertz CT molecular complexity index is 697. The Morgan fingerprint density at radius 1 is 1.24 bits per heavy atom. The lowest BCUT2D eigenvalue weighted by Crippen LogP contribution is -2.44. The van der Waals surface area contributed by atoms with Gasteiger partial charge in [0.1, 0.15) is 5.76 Å². The molecule has 2 N–H and O–H groups in total. The number of rotatable bonds is 5. The number of aliphatic imine (C=N–C) groups is 1. The van der Waals surface area contributed by atoms with Crippen LogP contribution in [-0.4, -0.2) is 43.4 Å². The predicted octanol–water partition coefficient (Wildman–Crippen LogP) is 1.96. The van der Waals surface area contributed by atoms with Crippen molar-refractivity contribution in [3.8, 4) is 0 Å². The smallest absolute Gasteiger partial charge is 0.239 e. The Morgan fingerprint density at radius 2 is 2.08 bits per heavy atom. The van der Waals surface area contributed by atoms with E-state index in [1.165, 1.54) is 5.56 Å². The second-order valence-corrected chi connectivity index (χ2v) is 6.10. The molecule has 0 bridgehead atoms. The zero-order valence-electron chi connectivity index (χ0n) is 14.4. The second-order valence-electron chi connectivity index (χ2n) is 6.10. The van der Waals surface area contributed by atoms with E-state index in [9.17, 15) is 4.79 Å². The molecule has 0 aliphatic carbocycles. The molecule has 1 saturated heterocycles. The first kappa shape index (κ1) is 17.1. The van der Waals surface area contributed by atoms with Crippen molar-refractivity contribution in [3.63, 3.8) is 0 Å². The number of furan rings is 1. The maximum absolute atomic E-state index is 12.0. The molecule has 0 saturated carbocycles. The van der Waals surface area contributed by atoms with Crippen LogP contribution >= 0.6 is 0 Å². The number of nitrogens with one attached hydrogen (secondary N) is 2. The summed E-state index contributed by atoms with van der Waals surface area (Å²) in [5, 5.41) is 5.97. The summed E-state index contributed by atoms with van der Waals surface area (Å²) in [6.45, 7) is 2.44. The topological polar surface area (TPSA) is 69.9 Å². The second kappa shape index (κ2) is 8.37. The molecule has 0 radical (unpaired) electrons. The number of amides is 1. The third-order valence-electron chi connectivity index (χ3n) is 4.42. The van der Waals surface area contributed by atoms with Crippen molar-refractivity contribution in [2.45, 2.75) is 18.9 Å². The molecule has 1 aliphatic heterocycles. The summed E-state index contributed by atoms with van der Waals surface area (Å²) in [7, 11) is 1.75. The molecule has 2 aromatic rings. The Labute approximate surface area is 147 Å². The highest BCUT2D eigenvalue weighted by molar-refractivity contribution is 5.86. The molecule has 1 amide bonds. The minimum absolute atomic E-state index is 0.0867. The molecule has 25 heavy (non-hydrogen) atoms. The van der Waals surface area contributed by atoms with Gasteiger partial charge in [0.25, 0.3) is 0 Å². The maximum Gasteiger partial charge on any atom is 0.239 e. The molecule has 1 aromatic heterocycles. The monoisotopic (exact) mass is 340 g/mol. The first-order valence-electron chi connectivity index (χ1n) is 8.56. The Kier molecular flexibility index (Phi) is 5.72. The average Bonchev–Trinajstić information content (AvgIpc) is 3.33. The van der Waals surface area contributed by atoms with Crippen LogP contribution in [0.1, 0.15) is 23.7 Å². The van der Waals surface area contributed by atoms with Crippen molar-refractivity contribution in [2.24, 2.45) is 4.99 Å². The number of hydrogen-bond acceptors (Lipinski definition) is 3. The van der Waals surface area contributed by atoms with Crippen LogP contribution in [0.15, 0.2) is 58.1 Å². The largest absolute Gasteiger partial charge is 0.467 e. The van der Waals surface area contributed by atoms with E-state index in [-0.39, 0.29) is 12.5 Å². The Morgan fingerprint density at radius 3 is 2.80 bits per heavy atom. The fourth-order valence-corrected chi connectivity index (χ4v) is 3.10. The summed E-state index contributed by atoms with van der Waals surface area (Å²) in [4.78, 5) is 18.5. The number of nitrogens with zero attached hydrogens (tertiary/aromatic N) is 2. The summed E-state index contributed by atoms with van der Waals surface area (Å²) >= 11 is 0. The van der Waals surface area contributed by atoms with Crippen LogP contribution in [0.2, 0.25) is 0 Å². The molecule has 3 rings (SSSR count). The fourth-order valence-electron chi connectivity index (χ4n) is 3.10. The summed E-state index contributed by atoms with van der Waals surface area (Å²) in [6, 6.07) is 14.2. The molecule has 0 spiro atoms. The molecule has 1 unspecified atom stereocenters. The number of carbonyl (C=O) groups excluding carboxylic acids is 1. The average molecular weight is 340 g/mol. The molecular formula is C19H24N4O2. The highest BCUT2D eigenvalue weighted by Crippen LogP contribution is 2.26. The van der Waals surface area contributed by atoms with Gasteiger partial charge in [-0.2, -0.15) is 0 Å². The van der Waals surface area contributed by atoms with E-state index < -0.39 is 0 Å². The fraction of sp³-hybridized carbons (Fsp3) is 0.368. The van der Waals surface area contributed by atoms with Crippen molar-refractivity contribution in [3.05, 3.63) is 60.1 Å². The van der Waals surface area contributed by atoms with E-state index in [1.54, 1.807) is 19.4 Å². The van der Waals surface area contributed by atoms with Crippen LogP contribution in [0.25, 0.3) is 0 Å². The first-order valence-corrected chi connectivity index (χ1v) is 8.56. The van der Waals surface area contributed by atoms with Crippen LogP contribution in [0.4, 0.5) is 0 Å². The van der Waals surface area contributed by atoms with Gasteiger partial charge in [0, 0.05) is 26.1 Å². The van der Waals surface area contributed by atoms with Gasteiger partial charge < -0.3 is 20.0 Å². The lowest BCUT2D eigenvalue weighted by atomic mass is 9.99. The van der Waals surface area contributed by atoms with Crippen molar-refractivity contribution in [1.29, 1.82) is 0 Å². The Hall–Kier alpha value is -2.76. The van der Waals surface area contributed by atoms with E-state index in [1.807, 2.05) is 12.1 Å². The molecule has 2 heterocycles. The van der Waals surface area contributed by atoms with Crippen molar-refractivity contribution in [1.82, 2.24) is 15.5 Å². The molecule has 6 nitrogen and oxygen atoms in total. The van der Waals surface area contributed by atoms with E-state index in [2.05, 4.69) is 44.8 Å². The molecule has 1 fully saturated rings. The third-order valence-corrected chi connectivity index (χ3v) is 4.42. The van der Waals surface area contributed by atoms with Crippen LogP contribution in [0, 0.1) is 0 Å². The van der Waals surface area contributed by atoms with Gasteiger partial charge in [0.2, 0.25) is 5.91 Å². The van der Waals surface area contributed by atoms with Crippen molar-refractivity contribution in [2.75, 3.05) is 26.7 Å². The minimum Gasteiger partial charge on any atom is -0.467 e. The highest BCUT2D eigenvalue weighted by Gasteiger charge is 2.26. The van der Waals surface area contributed by atoms with Gasteiger partial charge in [0.05, 0.1) is 19.4 Å². The lowest BCUT2D eigenvalue weighted by molar-refractivity contribution is -0.120. The SMILES string of the molecule is CN=C(NCC(=O)NCc1ccco1)N1CCC(c2ccccc2)C1. The number of guanidine groups is 1. The van der Waals surface area contributed by atoms with Crippen LogP contribution in [0.3, 0.4) is 0 Å². The Balaban J connectivity index is 1.46. The zero-order valence-corrected chi connectivity index (χ0v) is 14.4. The molecular weight excluding hydrogens is 316 g/mol. The maximum atomic E-state index is 12.0. The van der Waals surface area contributed by atoms with Crippen LogP contribution < -0.4 is 10.6 Å². The normalized spacial score (nSPS) is 17.6. The van der Waals surface area contributed by atoms with Gasteiger partial charge in [-0.1, -0.05) is 30.3 Å². The van der Waals surface area contributed by atoms with Gasteiger partial charge in [-0.3, -0.25) is 9.79 Å². The van der Waals surface area contributed by atoms with Gasteiger partial charge >= 0.3 is 0 Å².